The molecule has 3 rings (SSSR count). The summed E-state index contributed by atoms with van der Waals surface area (Å²) in [5.74, 6) is -0.466. The first-order chi connectivity index (χ1) is 12.0. The predicted octanol–water partition coefficient (Wildman–Crippen LogP) is 3.03. The molecule has 0 aliphatic carbocycles. The fourth-order valence-corrected chi connectivity index (χ4v) is 2.59. The normalized spacial score (nSPS) is 10.9. The summed E-state index contributed by atoms with van der Waals surface area (Å²) in [5, 5.41) is 5.67. The first-order valence-electron chi connectivity index (χ1n) is 8.12. The third-order valence-corrected chi connectivity index (χ3v) is 3.78. The molecule has 3 aromatic rings. The number of hydrogen-bond donors (Lipinski definition) is 2. The maximum absolute atomic E-state index is 12.7. The molecule has 2 heterocycles. The fraction of sp³-hybridized carbons (Fsp3) is 0.211. The maximum atomic E-state index is 12.7. The van der Waals surface area contributed by atoms with E-state index in [9.17, 15) is 9.59 Å². The average Bonchev–Trinajstić information content (AvgIpc) is 2.96. The SMILES string of the molecule is Cc1ccccc1NC(=O)c1nc(C(=O)NC(C)C)n2ccccc12. The second-order valence-corrected chi connectivity index (χ2v) is 6.14. The van der Waals surface area contributed by atoms with E-state index in [-0.39, 0.29) is 29.4 Å². The van der Waals surface area contributed by atoms with Gasteiger partial charge in [-0.1, -0.05) is 24.3 Å². The van der Waals surface area contributed by atoms with Crippen molar-refractivity contribution in [2.75, 3.05) is 5.32 Å². The van der Waals surface area contributed by atoms with Crippen LogP contribution in [-0.4, -0.2) is 27.2 Å². The molecule has 2 N–H and O–H groups in total. The number of imidazole rings is 1. The highest BCUT2D eigenvalue weighted by atomic mass is 16.2. The monoisotopic (exact) mass is 336 g/mol. The summed E-state index contributed by atoms with van der Waals surface area (Å²) in [7, 11) is 0. The highest BCUT2D eigenvalue weighted by Gasteiger charge is 2.22. The molecule has 1 aromatic carbocycles. The number of para-hydroxylation sites is 1. The molecule has 0 saturated carbocycles. The molecular weight excluding hydrogens is 316 g/mol. The number of rotatable bonds is 4. The number of hydrogen-bond acceptors (Lipinski definition) is 3. The van der Waals surface area contributed by atoms with Crippen LogP contribution in [0.4, 0.5) is 5.69 Å². The maximum Gasteiger partial charge on any atom is 0.287 e. The topological polar surface area (TPSA) is 75.5 Å². The number of aryl methyl sites for hydroxylation is 1. The van der Waals surface area contributed by atoms with Gasteiger partial charge in [0.2, 0.25) is 5.82 Å². The van der Waals surface area contributed by atoms with E-state index < -0.39 is 0 Å². The molecular formula is C19H20N4O2. The molecule has 0 spiro atoms. The molecule has 6 nitrogen and oxygen atoms in total. The van der Waals surface area contributed by atoms with Gasteiger partial charge in [0, 0.05) is 17.9 Å². The summed E-state index contributed by atoms with van der Waals surface area (Å²) >= 11 is 0. The van der Waals surface area contributed by atoms with Gasteiger partial charge in [0.05, 0.1) is 5.52 Å². The summed E-state index contributed by atoms with van der Waals surface area (Å²) in [5.41, 5.74) is 2.48. The number of benzene rings is 1. The minimum Gasteiger partial charge on any atom is -0.347 e. The third-order valence-electron chi connectivity index (χ3n) is 3.78. The van der Waals surface area contributed by atoms with Gasteiger partial charge in [-0.25, -0.2) is 4.98 Å². The van der Waals surface area contributed by atoms with Gasteiger partial charge in [0.15, 0.2) is 5.69 Å². The van der Waals surface area contributed by atoms with Crippen LogP contribution in [0.2, 0.25) is 0 Å². The predicted molar refractivity (Wildman–Crippen MR) is 96.9 cm³/mol. The van der Waals surface area contributed by atoms with Crippen LogP contribution < -0.4 is 10.6 Å². The number of fused-ring (bicyclic) bond motifs is 1. The number of pyridine rings is 1. The summed E-state index contributed by atoms with van der Waals surface area (Å²) in [6.07, 6.45) is 1.72. The lowest BCUT2D eigenvalue weighted by molar-refractivity contribution is 0.0932. The van der Waals surface area contributed by atoms with E-state index in [4.69, 9.17) is 0 Å². The van der Waals surface area contributed by atoms with Crippen LogP contribution in [0.3, 0.4) is 0 Å². The van der Waals surface area contributed by atoms with Crippen molar-refractivity contribution in [1.29, 1.82) is 0 Å². The summed E-state index contributed by atoms with van der Waals surface area (Å²) in [6.45, 7) is 5.67. The van der Waals surface area contributed by atoms with Gasteiger partial charge in [-0.15, -0.1) is 0 Å². The minimum absolute atomic E-state index is 0.0205. The second-order valence-electron chi connectivity index (χ2n) is 6.14. The Morgan fingerprint density at radius 2 is 1.76 bits per heavy atom. The van der Waals surface area contributed by atoms with Crippen molar-refractivity contribution < 1.29 is 9.59 Å². The molecule has 0 unspecified atom stereocenters. The van der Waals surface area contributed by atoms with Crippen LogP contribution in [0, 0.1) is 6.92 Å². The van der Waals surface area contributed by atoms with E-state index in [1.54, 1.807) is 22.7 Å². The minimum atomic E-state index is -0.346. The van der Waals surface area contributed by atoms with Gasteiger partial charge < -0.3 is 10.6 Å². The van der Waals surface area contributed by atoms with E-state index in [0.717, 1.165) is 11.3 Å². The first-order valence-corrected chi connectivity index (χ1v) is 8.12. The molecule has 6 heteroatoms. The van der Waals surface area contributed by atoms with Gasteiger partial charge >= 0.3 is 0 Å². The van der Waals surface area contributed by atoms with Crippen LogP contribution in [0.5, 0.6) is 0 Å². The Labute approximate surface area is 145 Å². The van der Waals surface area contributed by atoms with E-state index in [1.807, 2.05) is 51.1 Å². The van der Waals surface area contributed by atoms with Crippen LogP contribution >= 0.6 is 0 Å². The number of nitrogens with zero attached hydrogens (tertiary/aromatic N) is 2. The molecule has 0 aliphatic rings. The number of aromatic nitrogens is 2. The summed E-state index contributed by atoms with van der Waals surface area (Å²) in [4.78, 5) is 29.4. The Morgan fingerprint density at radius 1 is 1.04 bits per heavy atom. The van der Waals surface area contributed by atoms with Crippen LogP contribution in [0.1, 0.15) is 40.5 Å². The molecule has 0 bridgehead atoms. The summed E-state index contributed by atoms with van der Waals surface area (Å²) in [6, 6.07) is 12.9. The standard InChI is InChI=1S/C19H20N4O2/c1-12(2)20-19(25)17-22-16(15-10-6-7-11-23(15)17)18(24)21-14-9-5-4-8-13(14)3/h4-12H,1-3H3,(H,20,25)(H,21,24). The van der Waals surface area contributed by atoms with E-state index in [1.165, 1.54) is 0 Å². The molecule has 0 saturated heterocycles. The number of carbonyl (C=O) groups excluding carboxylic acids is 2. The van der Waals surface area contributed by atoms with Crippen molar-refractivity contribution in [1.82, 2.24) is 14.7 Å². The Morgan fingerprint density at radius 3 is 2.48 bits per heavy atom. The fourth-order valence-electron chi connectivity index (χ4n) is 2.59. The number of amides is 2. The second kappa shape index (κ2) is 6.76. The number of nitrogens with one attached hydrogen (secondary N) is 2. The van der Waals surface area contributed by atoms with Gasteiger partial charge in [0.1, 0.15) is 0 Å². The smallest absolute Gasteiger partial charge is 0.287 e. The van der Waals surface area contributed by atoms with Crippen molar-refractivity contribution >= 4 is 23.0 Å². The van der Waals surface area contributed by atoms with Crippen molar-refractivity contribution in [3.63, 3.8) is 0 Å². The van der Waals surface area contributed by atoms with Gasteiger partial charge in [-0.2, -0.15) is 0 Å². The molecule has 2 amide bonds. The van der Waals surface area contributed by atoms with Crippen molar-refractivity contribution in [2.24, 2.45) is 0 Å². The Balaban J connectivity index is 2.00. The van der Waals surface area contributed by atoms with Gasteiger partial charge in [-0.05, 0) is 44.5 Å². The van der Waals surface area contributed by atoms with Crippen molar-refractivity contribution in [3.05, 3.63) is 65.7 Å². The lowest BCUT2D eigenvalue weighted by atomic mass is 10.2. The van der Waals surface area contributed by atoms with Gasteiger partial charge in [-0.3, -0.25) is 14.0 Å². The number of anilines is 1. The van der Waals surface area contributed by atoms with Crippen LogP contribution in [0.15, 0.2) is 48.7 Å². The molecule has 0 radical (unpaired) electrons. The van der Waals surface area contributed by atoms with Crippen molar-refractivity contribution in [3.8, 4) is 0 Å². The number of carbonyl (C=O) groups is 2. The molecule has 0 atom stereocenters. The molecule has 128 valence electrons. The zero-order chi connectivity index (χ0) is 18.0. The third kappa shape index (κ3) is 3.38. The van der Waals surface area contributed by atoms with E-state index >= 15 is 0 Å². The lowest BCUT2D eigenvalue weighted by Gasteiger charge is -2.06. The Bertz CT molecular complexity index is 944. The highest BCUT2D eigenvalue weighted by Crippen LogP contribution is 2.18. The highest BCUT2D eigenvalue weighted by molar-refractivity contribution is 6.09. The molecule has 25 heavy (non-hydrogen) atoms. The average molecular weight is 336 g/mol. The molecule has 0 aliphatic heterocycles. The summed E-state index contributed by atoms with van der Waals surface area (Å²) < 4.78 is 1.63. The molecule has 2 aromatic heterocycles. The van der Waals surface area contributed by atoms with Crippen LogP contribution in [-0.2, 0) is 0 Å². The zero-order valence-corrected chi connectivity index (χ0v) is 14.4. The zero-order valence-electron chi connectivity index (χ0n) is 14.4. The Hall–Kier alpha value is -3.15. The van der Waals surface area contributed by atoms with Crippen molar-refractivity contribution in [2.45, 2.75) is 26.8 Å². The first kappa shape index (κ1) is 16.7. The van der Waals surface area contributed by atoms with Gasteiger partial charge in [0.25, 0.3) is 11.8 Å². The van der Waals surface area contributed by atoms with E-state index in [0.29, 0.717) is 5.52 Å². The Kier molecular flexibility index (Phi) is 4.52. The largest absolute Gasteiger partial charge is 0.347 e. The quantitative estimate of drug-likeness (QED) is 0.769. The lowest BCUT2D eigenvalue weighted by Crippen LogP contribution is -2.31. The van der Waals surface area contributed by atoms with E-state index in [2.05, 4.69) is 15.6 Å². The van der Waals surface area contributed by atoms with Crippen LogP contribution in [0.25, 0.3) is 5.52 Å². The molecule has 0 fully saturated rings.